The Hall–Kier alpha value is -3.03. The summed E-state index contributed by atoms with van der Waals surface area (Å²) in [4.78, 5) is 32.0. The number of carbonyl (C=O) groups excluding carboxylic acids is 2. The van der Waals surface area contributed by atoms with Crippen LogP contribution < -0.4 is 0 Å². The molecule has 1 amide bonds. The minimum absolute atomic E-state index is 0.00235. The maximum atomic E-state index is 12.5. The van der Waals surface area contributed by atoms with Crippen LogP contribution in [0.15, 0.2) is 29.4 Å². The van der Waals surface area contributed by atoms with E-state index >= 15 is 0 Å². The maximum Gasteiger partial charge on any atom is 0.342 e. The normalized spacial score (nSPS) is 20.6. The van der Waals surface area contributed by atoms with Crippen LogP contribution in [-0.4, -0.2) is 59.0 Å². The second kappa shape index (κ2) is 11.4. The van der Waals surface area contributed by atoms with E-state index in [9.17, 15) is 19.8 Å². The van der Waals surface area contributed by atoms with Crippen molar-refractivity contribution < 1.29 is 29.4 Å². The van der Waals surface area contributed by atoms with Gasteiger partial charge in [-0.15, -0.1) is 0 Å². The fourth-order valence-electron chi connectivity index (χ4n) is 3.82. The van der Waals surface area contributed by atoms with Gasteiger partial charge in [0.15, 0.2) is 6.61 Å². The Morgan fingerprint density at radius 3 is 2.71 bits per heavy atom. The molecule has 8 nitrogen and oxygen atoms in total. The van der Waals surface area contributed by atoms with Crippen molar-refractivity contribution in [1.29, 1.82) is 0 Å². The van der Waals surface area contributed by atoms with E-state index in [0.717, 1.165) is 57.7 Å². The molecule has 31 heavy (non-hydrogen) atoms. The van der Waals surface area contributed by atoms with Gasteiger partial charge in [0, 0.05) is 25.6 Å². The Morgan fingerprint density at radius 2 is 1.90 bits per heavy atom. The number of fused-ring (bicyclic) bond motifs is 1. The number of benzene rings is 1. The Bertz CT molecular complexity index is 843. The highest BCUT2D eigenvalue weighted by atomic mass is 16.6. The SMILES string of the molecule is O=C1OC/C=C/CCCC/C(=N/OCC(=O)N2CCCCC2)Cc2cc(O)cc(O)c21. The van der Waals surface area contributed by atoms with E-state index in [1.807, 2.05) is 6.08 Å². The summed E-state index contributed by atoms with van der Waals surface area (Å²) < 4.78 is 5.23. The molecule has 0 unspecified atom stereocenters. The predicted molar refractivity (Wildman–Crippen MR) is 115 cm³/mol. The number of carbonyl (C=O) groups is 2. The number of amides is 1. The van der Waals surface area contributed by atoms with Crippen molar-refractivity contribution in [3.63, 3.8) is 0 Å². The molecule has 1 aromatic rings. The zero-order valence-corrected chi connectivity index (χ0v) is 17.7. The summed E-state index contributed by atoms with van der Waals surface area (Å²) in [6.07, 6.45) is 10.3. The highest BCUT2D eigenvalue weighted by Crippen LogP contribution is 2.29. The van der Waals surface area contributed by atoms with E-state index in [4.69, 9.17) is 9.57 Å². The molecule has 3 rings (SSSR count). The largest absolute Gasteiger partial charge is 0.508 e. The van der Waals surface area contributed by atoms with E-state index in [1.54, 1.807) is 11.0 Å². The maximum absolute atomic E-state index is 12.5. The number of hydrogen-bond acceptors (Lipinski definition) is 7. The number of rotatable bonds is 3. The number of hydrogen-bond donors (Lipinski definition) is 2. The first-order valence-corrected chi connectivity index (χ1v) is 10.9. The van der Waals surface area contributed by atoms with Gasteiger partial charge >= 0.3 is 5.97 Å². The van der Waals surface area contributed by atoms with E-state index in [-0.39, 0.29) is 42.6 Å². The first-order valence-electron chi connectivity index (χ1n) is 10.9. The summed E-state index contributed by atoms with van der Waals surface area (Å²) in [6.45, 7) is 1.48. The van der Waals surface area contributed by atoms with Gasteiger partial charge in [0.2, 0.25) is 0 Å². The molecule has 0 spiro atoms. The number of ether oxygens (including phenoxy) is 1. The summed E-state index contributed by atoms with van der Waals surface area (Å²) in [7, 11) is 0. The Labute approximate surface area is 182 Å². The smallest absolute Gasteiger partial charge is 0.342 e. The lowest BCUT2D eigenvalue weighted by Gasteiger charge is -2.26. The molecule has 0 radical (unpaired) electrons. The lowest BCUT2D eigenvalue weighted by Crippen LogP contribution is -2.37. The first-order chi connectivity index (χ1) is 15.0. The van der Waals surface area contributed by atoms with Crippen LogP contribution in [-0.2, 0) is 20.8 Å². The molecule has 0 aromatic heterocycles. The first kappa shape index (κ1) is 22.7. The summed E-state index contributed by atoms with van der Waals surface area (Å²) in [5.74, 6) is -1.26. The van der Waals surface area contributed by atoms with Gasteiger partial charge in [0.25, 0.3) is 5.91 Å². The van der Waals surface area contributed by atoms with Gasteiger partial charge in [0.05, 0.1) is 5.71 Å². The average Bonchev–Trinajstić information content (AvgIpc) is 2.76. The molecular formula is C23H30N2O6. The van der Waals surface area contributed by atoms with Crippen LogP contribution >= 0.6 is 0 Å². The fourth-order valence-corrected chi connectivity index (χ4v) is 3.82. The third-order valence-corrected chi connectivity index (χ3v) is 5.44. The third-order valence-electron chi connectivity index (χ3n) is 5.44. The van der Waals surface area contributed by atoms with Crippen molar-refractivity contribution in [2.24, 2.45) is 5.16 Å². The predicted octanol–water partition coefficient (Wildman–Crippen LogP) is 3.31. The van der Waals surface area contributed by atoms with Crippen LogP contribution in [0.2, 0.25) is 0 Å². The van der Waals surface area contributed by atoms with E-state index in [2.05, 4.69) is 5.16 Å². The number of aromatic hydroxyl groups is 2. The summed E-state index contributed by atoms with van der Waals surface area (Å²) in [5.41, 5.74) is 1.03. The molecule has 168 valence electrons. The molecular weight excluding hydrogens is 400 g/mol. The van der Waals surface area contributed by atoms with Crippen molar-refractivity contribution in [2.45, 2.75) is 51.4 Å². The number of piperidine rings is 1. The van der Waals surface area contributed by atoms with Crippen LogP contribution in [0.3, 0.4) is 0 Å². The van der Waals surface area contributed by atoms with Gasteiger partial charge in [-0.3, -0.25) is 4.79 Å². The number of allylic oxidation sites excluding steroid dienone is 1. The molecule has 0 bridgehead atoms. The van der Waals surface area contributed by atoms with Crippen molar-refractivity contribution in [3.8, 4) is 11.5 Å². The highest BCUT2D eigenvalue weighted by Gasteiger charge is 2.21. The molecule has 0 aliphatic carbocycles. The number of phenolic OH excluding ortho intramolecular Hbond substituents is 2. The monoisotopic (exact) mass is 430 g/mol. The van der Waals surface area contributed by atoms with Gasteiger partial charge in [-0.1, -0.05) is 17.3 Å². The average molecular weight is 431 g/mol. The lowest BCUT2D eigenvalue weighted by molar-refractivity contribution is -0.137. The lowest BCUT2D eigenvalue weighted by atomic mass is 9.98. The Balaban J connectivity index is 1.77. The van der Waals surface area contributed by atoms with Crippen molar-refractivity contribution in [2.75, 3.05) is 26.3 Å². The Kier molecular flexibility index (Phi) is 8.32. The molecule has 0 atom stereocenters. The topological polar surface area (TPSA) is 109 Å². The number of nitrogens with zero attached hydrogens (tertiary/aromatic N) is 2. The molecule has 0 saturated carbocycles. The minimum Gasteiger partial charge on any atom is -0.508 e. The van der Waals surface area contributed by atoms with Crippen LogP contribution in [0.1, 0.15) is 60.9 Å². The molecule has 2 aliphatic heterocycles. The number of cyclic esters (lactones) is 1. The third kappa shape index (κ3) is 6.73. The second-order valence-electron chi connectivity index (χ2n) is 7.86. The van der Waals surface area contributed by atoms with E-state index in [1.165, 1.54) is 6.07 Å². The summed E-state index contributed by atoms with van der Waals surface area (Å²) >= 11 is 0. The minimum atomic E-state index is -0.669. The van der Waals surface area contributed by atoms with Crippen molar-refractivity contribution >= 4 is 17.6 Å². The number of phenols is 2. The zero-order chi connectivity index (χ0) is 22.1. The van der Waals surface area contributed by atoms with Gasteiger partial charge < -0.3 is 24.7 Å². The van der Waals surface area contributed by atoms with Crippen molar-refractivity contribution in [1.82, 2.24) is 4.90 Å². The molecule has 2 aliphatic rings. The molecule has 1 fully saturated rings. The molecule has 8 heteroatoms. The second-order valence-corrected chi connectivity index (χ2v) is 7.86. The molecule has 1 saturated heterocycles. The summed E-state index contributed by atoms with van der Waals surface area (Å²) in [5, 5.41) is 24.4. The number of likely N-dealkylation sites (tertiary alicyclic amines) is 1. The van der Waals surface area contributed by atoms with Crippen LogP contribution in [0, 0.1) is 0 Å². The fraction of sp³-hybridized carbons (Fsp3) is 0.522. The van der Waals surface area contributed by atoms with Gasteiger partial charge in [-0.2, -0.15) is 0 Å². The Morgan fingerprint density at radius 1 is 1.10 bits per heavy atom. The summed E-state index contributed by atoms with van der Waals surface area (Å²) in [6, 6.07) is 2.53. The van der Waals surface area contributed by atoms with Gasteiger partial charge in [0.1, 0.15) is 23.7 Å². The van der Waals surface area contributed by atoms with Gasteiger partial charge in [-0.05, 0) is 56.6 Å². The van der Waals surface area contributed by atoms with Crippen LogP contribution in [0.4, 0.5) is 0 Å². The quantitative estimate of drug-likeness (QED) is 0.433. The van der Waals surface area contributed by atoms with E-state index < -0.39 is 5.97 Å². The molecule has 2 heterocycles. The highest BCUT2D eigenvalue weighted by molar-refractivity contribution is 5.97. The van der Waals surface area contributed by atoms with E-state index in [0.29, 0.717) is 17.7 Å². The van der Waals surface area contributed by atoms with Crippen LogP contribution in [0.25, 0.3) is 0 Å². The zero-order valence-electron chi connectivity index (χ0n) is 17.7. The van der Waals surface area contributed by atoms with Crippen LogP contribution in [0.5, 0.6) is 11.5 Å². The molecule has 1 aromatic carbocycles. The molecule has 2 N–H and O–H groups in total. The van der Waals surface area contributed by atoms with Crippen molar-refractivity contribution in [3.05, 3.63) is 35.4 Å². The number of oxime groups is 1. The standard InChI is InChI=1S/C23H30N2O6/c26-19-14-17-13-18(24-31-16-21(28)25-10-6-4-7-11-25)9-5-2-1-3-8-12-30-23(29)22(17)20(27)15-19/h3,8,14-15,26-27H,1-2,4-7,9-13,16H2/b8-3+,24-18-. The van der Waals surface area contributed by atoms with Gasteiger partial charge in [-0.25, -0.2) is 4.79 Å². The number of esters is 1.